The summed E-state index contributed by atoms with van der Waals surface area (Å²) in [5, 5.41) is 13.9. The number of anilines is 1. The Labute approximate surface area is 184 Å². The Kier molecular flexibility index (Phi) is 6.71. The number of hydrogen-bond donors (Lipinski definition) is 2. The number of para-hydroxylation sites is 1. The molecule has 9 heteroatoms. The fraction of sp³-hybridized carbons (Fsp3) is 0.364. The van der Waals surface area contributed by atoms with Crippen molar-refractivity contribution < 1.29 is 14.0 Å². The molecule has 1 aromatic carbocycles. The maximum atomic E-state index is 12.6. The molecule has 2 heterocycles. The first-order valence-electron chi connectivity index (χ1n) is 10.4. The summed E-state index contributed by atoms with van der Waals surface area (Å²) in [5.74, 6) is 0.939. The smallest absolute Gasteiger partial charge is 0.325 e. The highest BCUT2D eigenvalue weighted by molar-refractivity contribution is 8.00. The van der Waals surface area contributed by atoms with E-state index in [1.54, 1.807) is 25.3 Å². The van der Waals surface area contributed by atoms with Crippen molar-refractivity contribution in [1.29, 1.82) is 0 Å². The van der Waals surface area contributed by atoms with Crippen molar-refractivity contribution in [2.24, 2.45) is 0 Å². The molecule has 1 atom stereocenters. The lowest BCUT2D eigenvalue weighted by molar-refractivity contribution is -0.119. The van der Waals surface area contributed by atoms with E-state index in [4.69, 9.17) is 4.42 Å². The number of rotatable bonds is 6. The molecule has 8 nitrogen and oxygen atoms in total. The van der Waals surface area contributed by atoms with Crippen molar-refractivity contribution >= 4 is 29.4 Å². The summed E-state index contributed by atoms with van der Waals surface area (Å²) in [6.45, 7) is 1.75. The van der Waals surface area contributed by atoms with E-state index >= 15 is 0 Å². The van der Waals surface area contributed by atoms with Crippen LogP contribution in [0.1, 0.15) is 45.1 Å². The van der Waals surface area contributed by atoms with Crippen molar-refractivity contribution in [2.75, 3.05) is 5.32 Å². The average Bonchev–Trinajstić information content (AvgIpc) is 3.45. The van der Waals surface area contributed by atoms with Gasteiger partial charge in [-0.05, 0) is 44.0 Å². The van der Waals surface area contributed by atoms with Crippen LogP contribution >= 0.6 is 11.8 Å². The van der Waals surface area contributed by atoms with Gasteiger partial charge in [-0.2, -0.15) is 0 Å². The van der Waals surface area contributed by atoms with Gasteiger partial charge in [0.05, 0.1) is 11.5 Å². The third-order valence-electron chi connectivity index (χ3n) is 5.27. The summed E-state index contributed by atoms with van der Waals surface area (Å²) >= 11 is 1.29. The number of nitrogens with zero attached hydrogens (tertiary/aromatic N) is 3. The molecule has 3 amide bonds. The number of benzene rings is 1. The van der Waals surface area contributed by atoms with E-state index < -0.39 is 17.2 Å². The SMILES string of the molecule is CC(Sc1nnc(-c2ccco2)n1C1CCCCC1)C(=O)NC(=O)Nc1ccccc1. The van der Waals surface area contributed by atoms with E-state index in [1.807, 2.05) is 30.3 Å². The predicted molar refractivity (Wildman–Crippen MR) is 119 cm³/mol. The number of imide groups is 1. The topological polar surface area (TPSA) is 102 Å². The Balaban J connectivity index is 1.46. The first-order chi connectivity index (χ1) is 15.1. The molecule has 0 spiro atoms. The number of carbonyl (C=O) groups excluding carboxylic acids is 2. The lowest BCUT2D eigenvalue weighted by Crippen LogP contribution is -2.39. The van der Waals surface area contributed by atoms with Crippen LogP contribution in [0.25, 0.3) is 11.6 Å². The van der Waals surface area contributed by atoms with Gasteiger partial charge in [-0.3, -0.25) is 14.7 Å². The maximum absolute atomic E-state index is 12.6. The highest BCUT2D eigenvalue weighted by atomic mass is 32.2. The number of thioether (sulfide) groups is 1. The lowest BCUT2D eigenvalue weighted by Gasteiger charge is -2.25. The molecule has 31 heavy (non-hydrogen) atoms. The first kappa shape index (κ1) is 21.2. The quantitative estimate of drug-likeness (QED) is 0.531. The molecule has 0 saturated heterocycles. The predicted octanol–water partition coefficient (Wildman–Crippen LogP) is 4.87. The molecule has 2 N–H and O–H groups in total. The van der Waals surface area contributed by atoms with Gasteiger partial charge in [-0.15, -0.1) is 10.2 Å². The van der Waals surface area contributed by atoms with E-state index in [9.17, 15) is 9.59 Å². The molecule has 1 fully saturated rings. The number of aromatic nitrogens is 3. The van der Waals surface area contributed by atoms with Crippen LogP contribution in [0.5, 0.6) is 0 Å². The average molecular weight is 440 g/mol. The fourth-order valence-electron chi connectivity index (χ4n) is 3.71. The lowest BCUT2D eigenvalue weighted by atomic mass is 9.95. The van der Waals surface area contributed by atoms with Crippen LogP contribution in [-0.2, 0) is 4.79 Å². The number of nitrogens with one attached hydrogen (secondary N) is 2. The Morgan fingerprint density at radius 3 is 2.58 bits per heavy atom. The van der Waals surface area contributed by atoms with Gasteiger partial charge in [0.25, 0.3) is 0 Å². The zero-order valence-electron chi connectivity index (χ0n) is 17.3. The number of urea groups is 1. The molecule has 1 aliphatic rings. The van der Waals surface area contributed by atoms with Gasteiger partial charge < -0.3 is 9.73 Å². The highest BCUT2D eigenvalue weighted by Crippen LogP contribution is 2.36. The highest BCUT2D eigenvalue weighted by Gasteiger charge is 2.27. The van der Waals surface area contributed by atoms with Crippen LogP contribution in [0.2, 0.25) is 0 Å². The minimum absolute atomic E-state index is 0.267. The monoisotopic (exact) mass is 439 g/mol. The van der Waals surface area contributed by atoms with Crippen molar-refractivity contribution in [1.82, 2.24) is 20.1 Å². The third-order valence-corrected chi connectivity index (χ3v) is 6.32. The van der Waals surface area contributed by atoms with Crippen molar-refractivity contribution in [2.45, 2.75) is 55.5 Å². The molecule has 2 aromatic heterocycles. The molecule has 162 valence electrons. The van der Waals surface area contributed by atoms with Gasteiger partial charge in [0, 0.05) is 11.7 Å². The number of carbonyl (C=O) groups is 2. The first-order valence-corrected chi connectivity index (χ1v) is 11.3. The molecule has 0 aliphatic heterocycles. The molecule has 4 rings (SSSR count). The van der Waals surface area contributed by atoms with Crippen LogP contribution < -0.4 is 10.6 Å². The molecule has 3 aromatic rings. The van der Waals surface area contributed by atoms with Crippen molar-refractivity contribution in [3.05, 3.63) is 48.7 Å². The maximum Gasteiger partial charge on any atom is 0.325 e. The Morgan fingerprint density at radius 2 is 1.87 bits per heavy atom. The third kappa shape index (κ3) is 5.16. The normalized spacial score (nSPS) is 15.4. The van der Waals surface area contributed by atoms with Crippen LogP contribution in [0.4, 0.5) is 10.5 Å². The minimum atomic E-state index is -0.561. The second-order valence-corrected chi connectivity index (χ2v) is 8.82. The second kappa shape index (κ2) is 9.82. The Morgan fingerprint density at radius 1 is 1.10 bits per heavy atom. The van der Waals surface area contributed by atoms with Crippen LogP contribution in [0.15, 0.2) is 58.3 Å². The molecule has 1 unspecified atom stereocenters. The van der Waals surface area contributed by atoms with E-state index in [0.29, 0.717) is 22.4 Å². The van der Waals surface area contributed by atoms with Gasteiger partial charge in [0.2, 0.25) is 11.7 Å². The van der Waals surface area contributed by atoms with Gasteiger partial charge in [-0.25, -0.2) is 4.79 Å². The van der Waals surface area contributed by atoms with Crippen LogP contribution in [-0.4, -0.2) is 32.0 Å². The van der Waals surface area contributed by atoms with E-state index in [2.05, 4.69) is 25.4 Å². The molecular weight excluding hydrogens is 414 g/mol. The van der Waals surface area contributed by atoms with E-state index in [1.165, 1.54) is 18.2 Å². The van der Waals surface area contributed by atoms with Crippen LogP contribution in [0, 0.1) is 0 Å². The largest absolute Gasteiger partial charge is 0.461 e. The molecule has 1 aliphatic carbocycles. The molecule has 0 bridgehead atoms. The summed E-state index contributed by atoms with van der Waals surface area (Å²) in [6, 6.07) is 12.4. The number of furan rings is 1. The molecular formula is C22H25N5O3S. The van der Waals surface area contributed by atoms with Gasteiger partial charge >= 0.3 is 6.03 Å². The number of hydrogen-bond acceptors (Lipinski definition) is 6. The summed E-state index contributed by atoms with van der Waals surface area (Å²) in [6.07, 6.45) is 7.23. The summed E-state index contributed by atoms with van der Waals surface area (Å²) in [7, 11) is 0. The fourth-order valence-corrected chi connectivity index (χ4v) is 4.63. The summed E-state index contributed by atoms with van der Waals surface area (Å²) < 4.78 is 7.65. The van der Waals surface area contributed by atoms with Gasteiger partial charge in [0.15, 0.2) is 10.9 Å². The molecule has 0 radical (unpaired) electrons. The van der Waals surface area contributed by atoms with Crippen molar-refractivity contribution in [3.8, 4) is 11.6 Å². The van der Waals surface area contributed by atoms with Gasteiger partial charge in [-0.1, -0.05) is 49.2 Å². The number of amides is 3. The minimum Gasteiger partial charge on any atom is -0.461 e. The Bertz CT molecular complexity index is 1010. The molecule has 1 saturated carbocycles. The summed E-state index contributed by atoms with van der Waals surface area (Å²) in [4.78, 5) is 24.8. The zero-order valence-corrected chi connectivity index (χ0v) is 18.1. The van der Waals surface area contributed by atoms with E-state index in [-0.39, 0.29) is 6.04 Å². The van der Waals surface area contributed by atoms with Gasteiger partial charge in [0.1, 0.15) is 0 Å². The standard InChI is InChI=1S/C22H25N5O3S/c1-15(20(28)24-21(29)23-16-9-4-2-5-10-16)31-22-26-25-19(18-13-8-14-30-18)27(22)17-11-6-3-7-12-17/h2,4-5,8-10,13-15,17H,3,6-7,11-12H2,1H3,(H2,23,24,28,29). The summed E-state index contributed by atoms with van der Waals surface area (Å²) in [5.41, 5.74) is 0.619. The zero-order chi connectivity index (χ0) is 21.6. The van der Waals surface area contributed by atoms with Crippen LogP contribution in [0.3, 0.4) is 0 Å². The second-order valence-electron chi connectivity index (χ2n) is 7.51. The van der Waals surface area contributed by atoms with Crippen molar-refractivity contribution in [3.63, 3.8) is 0 Å². The van der Waals surface area contributed by atoms with E-state index in [0.717, 1.165) is 25.7 Å². The Hall–Kier alpha value is -3.07.